The molecule has 0 saturated heterocycles. The van der Waals surface area contributed by atoms with Gasteiger partial charge in [-0.25, -0.2) is 0 Å². The van der Waals surface area contributed by atoms with Gasteiger partial charge in [0.2, 0.25) is 0 Å². The van der Waals surface area contributed by atoms with Gasteiger partial charge in [-0.3, -0.25) is 0 Å². The highest BCUT2D eigenvalue weighted by Gasteiger charge is 2.36. The van der Waals surface area contributed by atoms with Crippen LogP contribution in [0.25, 0.3) is 0 Å². The van der Waals surface area contributed by atoms with E-state index in [-0.39, 0.29) is 10.8 Å². The molecule has 0 atom stereocenters. The van der Waals surface area contributed by atoms with E-state index in [1.807, 2.05) is 0 Å². The molecule has 138 valence electrons. The first kappa shape index (κ1) is 21.0. The van der Waals surface area contributed by atoms with Crippen molar-refractivity contribution in [2.75, 3.05) is 39.6 Å². The van der Waals surface area contributed by atoms with Crippen LogP contribution in [0.3, 0.4) is 0 Å². The van der Waals surface area contributed by atoms with Crippen LogP contribution in [0.2, 0.25) is 18.1 Å². The third-order valence-electron chi connectivity index (χ3n) is 4.18. The van der Waals surface area contributed by atoms with Gasteiger partial charge in [0.15, 0.2) is 8.32 Å². The number of phenols is 1. The van der Waals surface area contributed by atoms with Gasteiger partial charge in [-0.1, -0.05) is 26.8 Å². The molecule has 0 aromatic heterocycles. The standard InChI is InChI=1S/C18H32O5Si/c1-18(2,3)24(4,5)23-14-12-21-10-9-20-11-13-22-17-8-6-7-16(19)15-17/h6-8,15,19H,9-14H2,1-5H3. The second-order valence-electron chi connectivity index (χ2n) is 7.18. The van der Waals surface area contributed by atoms with E-state index in [2.05, 4.69) is 33.9 Å². The number of hydrogen-bond donors (Lipinski definition) is 1. The van der Waals surface area contributed by atoms with Crippen molar-refractivity contribution < 1.29 is 23.7 Å². The number of hydrogen-bond acceptors (Lipinski definition) is 5. The fourth-order valence-electron chi connectivity index (χ4n) is 1.69. The zero-order valence-electron chi connectivity index (χ0n) is 15.6. The van der Waals surface area contributed by atoms with E-state index in [1.54, 1.807) is 24.3 Å². The Morgan fingerprint density at radius 3 is 2.08 bits per heavy atom. The number of rotatable bonds is 11. The number of ether oxygens (including phenoxy) is 3. The van der Waals surface area contributed by atoms with Crippen molar-refractivity contribution in [3.63, 3.8) is 0 Å². The zero-order chi connectivity index (χ0) is 18.1. The monoisotopic (exact) mass is 356 g/mol. The molecule has 6 heteroatoms. The minimum Gasteiger partial charge on any atom is -0.508 e. The molecule has 0 aliphatic rings. The Labute approximate surface area is 147 Å². The average Bonchev–Trinajstić information content (AvgIpc) is 2.48. The molecule has 0 amide bonds. The summed E-state index contributed by atoms with van der Waals surface area (Å²) in [6.07, 6.45) is 0. The molecular formula is C18H32O5Si. The van der Waals surface area contributed by atoms with Gasteiger partial charge in [0.05, 0.1) is 33.0 Å². The van der Waals surface area contributed by atoms with Gasteiger partial charge in [-0.15, -0.1) is 0 Å². The molecule has 1 aromatic carbocycles. The second-order valence-corrected chi connectivity index (χ2v) is 12.0. The lowest BCUT2D eigenvalue weighted by molar-refractivity contribution is 0.0260. The van der Waals surface area contributed by atoms with E-state index >= 15 is 0 Å². The molecule has 0 aliphatic heterocycles. The van der Waals surface area contributed by atoms with E-state index in [4.69, 9.17) is 18.6 Å². The predicted octanol–water partition coefficient (Wildman–Crippen LogP) is 3.83. The third kappa shape index (κ3) is 8.15. The summed E-state index contributed by atoms with van der Waals surface area (Å²) in [5.74, 6) is 0.833. The van der Waals surface area contributed by atoms with Crippen molar-refractivity contribution in [2.45, 2.75) is 38.9 Å². The highest BCUT2D eigenvalue weighted by Crippen LogP contribution is 2.36. The molecule has 24 heavy (non-hydrogen) atoms. The van der Waals surface area contributed by atoms with Crippen LogP contribution >= 0.6 is 0 Å². The maximum absolute atomic E-state index is 9.32. The first-order valence-electron chi connectivity index (χ1n) is 8.44. The lowest BCUT2D eigenvalue weighted by Gasteiger charge is -2.36. The van der Waals surface area contributed by atoms with Gasteiger partial charge >= 0.3 is 0 Å². The summed E-state index contributed by atoms with van der Waals surface area (Å²) in [6.45, 7) is 14.4. The summed E-state index contributed by atoms with van der Waals surface area (Å²) in [5, 5.41) is 9.54. The van der Waals surface area contributed by atoms with Crippen molar-refractivity contribution in [1.82, 2.24) is 0 Å². The van der Waals surface area contributed by atoms with E-state index in [0.717, 1.165) is 0 Å². The summed E-state index contributed by atoms with van der Waals surface area (Å²) in [6, 6.07) is 6.72. The Morgan fingerprint density at radius 1 is 0.917 bits per heavy atom. The summed E-state index contributed by atoms with van der Waals surface area (Å²) in [7, 11) is -1.67. The fraction of sp³-hybridized carbons (Fsp3) is 0.667. The average molecular weight is 357 g/mol. The van der Waals surface area contributed by atoms with Crippen molar-refractivity contribution >= 4 is 8.32 Å². The molecule has 5 nitrogen and oxygen atoms in total. The number of aromatic hydroxyl groups is 1. The largest absolute Gasteiger partial charge is 0.508 e. The van der Waals surface area contributed by atoms with Crippen LogP contribution in [0.4, 0.5) is 0 Å². The molecule has 0 bridgehead atoms. The molecule has 0 aliphatic carbocycles. The minimum absolute atomic E-state index is 0.196. The van der Waals surface area contributed by atoms with Crippen LogP contribution in [0, 0.1) is 0 Å². The van der Waals surface area contributed by atoms with Crippen LogP contribution in [-0.4, -0.2) is 53.1 Å². The Kier molecular flexibility index (Phi) is 8.76. The maximum atomic E-state index is 9.32. The zero-order valence-corrected chi connectivity index (χ0v) is 16.6. The van der Waals surface area contributed by atoms with Gasteiger partial charge in [-0.05, 0) is 30.3 Å². The predicted molar refractivity (Wildman–Crippen MR) is 98.4 cm³/mol. The van der Waals surface area contributed by atoms with Crippen LogP contribution in [0.15, 0.2) is 24.3 Å². The highest BCUT2D eigenvalue weighted by atomic mass is 28.4. The van der Waals surface area contributed by atoms with Crippen LogP contribution in [-0.2, 0) is 13.9 Å². The quantitative estimate of drug-likeness (QED) is 0.482. The fourth-order valence-corrected chi connectivity index (χ4v) is 2.71. The molecule has 1 rings (SSSR count). The lowest BCUT2D eigenvalue weighted by Crippen LogP contribution is -2.41. The Balaban J connectivity index is 1.96. The number of benzene rings is 1. The molecular weight excluding hydrogens is 324 g/mol. The third-order valence-corrected chi connectivity index (χ3v) is 8.72. The Bertz CT molecular complexity index is 471. The molecule has 1 N–H and O–H groups in total. The van der Waals surface area contributed by atoms with E-state index < -0.39 is 8.32 Å². The molecule has 0 spiro atoms. The molecule has 0 unspecified atom stereocenters. The number of phenolic OH excluding ortho intramolecular Hbond substituents is 1. The highest BCUT2D eigenvalue weighted by molar-refractivity contribution is 6.74. The lowest BCUT2D eigenvalue weighted by atomic mass is 10.2. The smallest absolute Gasteiger partial charge is 0.192 e. The summed E-state index contributed by atoms with van der Waals surface area (Å²) in [5.41, 5.74) is 0. The van der Waals surface area contributed by atoms with Crippen molar-refractivity contribution in [2.24, 2.45) is 0 Å². The molecule has 0 heterocycles. The van der Waals surface area contributed by atoms with Gasteiger partial charge in [0.1, 0.15) is 18.1 Å². The van der Waals surface area contributed by atoms with E-state index in [1.165, 1.54) is 0 Å². The van der Waals surface area contributed by atoms with Crippen molar-refractivity contribution in [1.29, 1.82) is 0 Å². The van der Waals surface area contributed by atoms with E-state index in [9.17, 15) is 5.11 Å². The Hall–Kier alpha value is -1.08. The summed E-state index contributed by atoms with van der Waals surface area (Å²) >= 11 is 0. The molecule has 0 radical (unpaired) electrons. The second kappa shape index (κ2) is 10.0. The van der Waals surface area contributed by atoms with Gasteiger partial charge in [0.25, 0.3) is 0 Å². The van der Waals surface area contributed by atoms with Gasteiger partial charge in [0, 0.05) is 6.07 Å². The topological polar surface area (TPSA) is 57.2 Å². The maximum Gasteiger partial charge on any atom is 0.192 e. The van der Waals surface area contributed by atoms with Crippen molar-refractivity contribution in [3.8, 4) is 11.5 Å². The molecule has 0 saturated carbocycles. The van der Waals surface area contributed by atoms with Gasteiger partial charge in [-0.2, -0.15) is 0 Å². The van der Waals surface area contributed by atoms with Crippen LogP contribution in [0.5, 0.6) is 11.5 Å². The Morgan fingerprint density at radius 2 is 1.50 bits per heavy atom. The van der Waals surface area contributed by atoms with Crippen molar-refractivity contribution in [3.05, 3.63) is 24.3 Å². The molecule has 0 fully saturated rings. The minimum atomic E-state index is -1.67. The van der Waals surface area contributed by atoms with E-state index in [0.29, 0.717) is 45.4 Å². The first-order valence-corrected chi connectivity index (χ1v) is 11.3. The molecule has 1 aromatic rings. The van der Waals surface area contributed by atoms with Crippen LogP contribution < -0.4 is 4.74 Å². The SMILES string of the molecule is CC(C)(C)[Si](C)(C)OCCOCCOCCOc1cccc(O)c1. The summed E-state index contributed by atoms with van der Waals surface area (Å²) in [4.78, 5) is 0. The normalized spacial score (nSPS) is 12.4. The van der Waals surface area contributed by atoms with Gasteiger partial charge < -0.3 is 23.7 Å². The first-order chi connectivity index (χ1) is 11.2. The summed E-state index contributed by atoms with van der Waals surface area (Å²) < 4.78 is 22.5. The van der Waals surface area contributed by atoms with Crippen LogP contribution in [0.1, 0.15) is 20.8 Å².